The summed E-state index contributed by atoms with van der Waals surface area (Å²) in [6, 6.07) is 13.4. The molecule has 122 valence electrons. The van der Waals surface area contributed by atoms with Gasteiger partial charge in [0.15, 0.2) is 5.16 Å². The predicted octanol–water partition coefficient (Wildman–Crippen LogP) is 4.58. The molecule has 3 aromatic rings. The summed E-state index contributed by atoms with van der Waals surface area (Å²) in [5.74, 6) is 0.224. The van der Waals surface area contributed by atoms with Crippen molar-refractivity contribution in [2.75, 3.05) is 5.75 Å². The van der Waals surface area contributed by atoms with Gasteiger partial charge in [0, 0.05) is 5.75 Å². The molecule has 0 saturated heterocycles. The normalized spacial score (nSPS) is 10.8. The summed E-state index contributed by atoms with van der Waals surface area (Å²) in [7, 11) is 0. The fourth-order valence-electron chi connectivity index (χ4n) is 2.34. The third-order valence-corrected chi connectivity index (χ3v) is 4.41. The average Bonchev–Trinajstić information content (AvgIpc) is 2.56. The molecule has 0 N–H and O–H groups in total. The van der Waals surface area contributed by atoms with Gasteiger partial charge in [0.05, 0.1) is 16.6 Å². The minimum absolute atomic E-state index is 0.223. The van der Waals surface area contributed by atoms with Crippen LogP contribution in [0.1, 0.15) is 13.8 Å². The van der Waals surface area contributed by atoms with Gasteiger partial charge in [-0.05, 0) is 38.1 Å². The lowest BCUT2D eigenvalue weighted by Gasteiger charge is -2.13. The number of hydrogen-bond donors (Lipinski definition) is 0. The number of rotatable bonds is 4. The number of aromatic nitrogens is 2. The first-order valence-electron chi connectivity index (χ1n) is 7.61. The van der Waals surface area contributed by atoms with Crippen molar-refractivity contribution < 1.29 is 4.39 Å². The third-order valence-electron chi connectivity index (χ3n) is 3.54. The number of para-hydroxylation sites is 2. The van der Waals surface area contributed by atoms with Crippen LogP contribution >= 0.6 is 11.8 Å². The highest BCUT2D eigenvalue weighted by Gasteiger charge is 2.15. The smallest absolute Gasteiger partial charge is 0.266 e. The minimum atomic E-state index is -0.444. The Balaban J connectivity index is 2.24. The van der Waals surface area contributed by atoms with Crippen molar-refractivity contribution in [1.29, 1.82) is 0 Å². The molecule has 0 aliphatic rings. The number of halogens is 1. The van der Waals surface area contributed by atoms with Crippen LogP contribution in [0.15, 0.2) is 70.1 Å². The summed E-state index contributed by atoms with van der Waals surface area (Å²) < 4.78 is 15.6. The number of nitrogens with zero attached hydrogens (tertiary/aromatic N) is 2. The Kier molecular flexibility index (Phi) is 4.81. The van der Waals surface area contributed by atoms with Crippen molar-refractivity contribution in [3.05, 3.63) is 76.4 Å². The Labute approximate surface area is 143 Å². The number of fused-ring (bicyclic) bond motifs is 1. The molecule has 0 radical (unpaired) electrons. The third kappa shape index (κ3) is 3.26. The maximum atomic E-state index is 14.3. The van der Waals surface area contributed by atoms with Crippen LogP contribution in [0.3, 0.4) is 0 Å². The topological polar surface area (TPSA) is 34.9 Å². The van der Waals surface area contributed by atoms with Gasteiger partial charge < -0.3 is 0 Å². The second-order valence-corrected chi connectivity index (χ2v) is 6.58. The molecular formula is C19H17FN2OS. The fourth-order valence-corrected chi connectivity index (χ4v) is 3.38. The van der Waals surface area contributed by atoms with Crippen molar-refractivity contribution in [2.45, 2.75) is 19.0 Å². The summed E-state index contributed by atoms with van der Waals surface area (Å²) >= 11 is 1.42. The van der Waals surface area contributed by atoms with E-state index < -0.39 is 5.82 Å². The Morgan fingerprint density at radius 2 is 1.88 bits per heavy atom. The Hall–Kier alpha value is -2.40. The standard InChI is InChI=1S/C19H17FN2OS/c1-13(2)11-12-24-19-21-16-9-5-3-7-14(16)18(23)22(19)17-10-6-4-8-15(17)20/h3-11H,12H2,1-2H3. The Morgan fingerprint density at radius 3 is 2.62 bits per heavy atom. The van der Waals surface area contributed by atoms with Gasteiger partial charge in [-0.15, -0.1) is 0 Å². The highest BCUT2D eigenvalue weighted by Crippen LogP contribution is 2.23. The first kappa shape index (κ1) is 16.5. The van der Waals surface area contributed by atoms with Gasteiger partial charge in [-0.2, -0.15) is 0 Å². The number of benzene rings is 2. The van der Waals surface area contributed by atoms with Crippen LogP contribution in [0, 0.1) is 5.82 Å². The SMILES string of the molecule is CC(C)=CCSc1nc2ccccc2c(=O)n1-c1ccccc1F. The van der Waals surface area contributed by atoms with E-state index in [1.807, 2.05) is 19.9 Å². The fraction of sp³-hybridized carbons (Fsp3) is 0.158. The predicted molar refractivity (Wildman–Crippen MR) is 97.5 cm³/mol. The molecule has 24 heavy (non-hydrogen) atoms. The zero-order chi connectivity index (χ0) is 17.1. The van der Waals surface area contributed by atoms with E-state index in [4.69, 9.17) is 0 Å². The van der Waals surface area contributed by atoms with Crippen molar-refractivity contribution in [3.8, 4) is 5.69 Å². The highest BCUT2D eigenvalue weighted by molar-refractivity contribution is 7.99. The van der Waals surface area contributed by atoms with Gasteiger partial charge >= 0.3 is 0 Å². The van der Waals surface area contributed by atoms with Crippen molar-refractivity contribution >= 4 is 22.7 Å². The first-order valence-corrected chi connectivity index (χ1v) is 8.59. The lowest BCUT2D eigenvalue weighted by atomic mass is 10.2. The monoisotopic (exact) mass is 340 g/mol. The van der Waals surface area contributed by atoms with Gasteiger partial charge in [-0.3, -0.25) is 9.36 Å². The molecular weight excluding hydrogens is 323 g/mol. The molecule has 0 bridgehead atoms. The molecule has 0 aliphatic carbocycles. The summed E-state index contributed by atoms with van der Waals surface area (Å²) in [5, 5.41) is 0.966. The lowest BCUT2D eigenvalue weighted by molar-refractivity contribution is 0.608. The van der Waals surface area contributed by atoms with Gasteiger partial charge in [-0.25, -0.2) is 9.37 Å². The van der Waals surface area contributed by atoms with Crippen LogP contribution in [-0.4, -0.2) is 15.3 Å². The van der Waals surface area contributed by atoms with Crippen LogP contribution in [0.2, 0.25) is 0 Å². The number of hydrogen-bond acceptors (Lipinski definition) is 3. The second kappa shape index (κ2) is 7.01. The maximum absolute atomic E-state index is 14.3. The van der Waals surface area contributed by atoms with E-state index >= 15 is 0 Å². The zero-order valence-corrected chi connectivity index (χ0v) is 14.3. The molecule has 5 heteroatoms. The molecule has 0 unspecified atom stereocenters. The van der Waals surface area contributed by atoms with Crippen LogP contribution in [0.25, 0.3) is 16.6 Å². The van der Waals surface area contributed by atoms with Crippen LogP contribution in [0.5, 0.6) is 0 Å². The van der Waals surface area contributed by atoms with E-state index in [1.165, 1.54) is 28.0 Å². The summed E-state index contributed by atoms with van der Waals surface area (Å²) in [6.07, 6.45) is 2.05. The summed E-state index contributed by atoms with van der Waals surface area (Å²) in [4.78, 5) is 17.5. The lowest BCUT2D eigenvalue weighted by Crippen LogP contribution is -2.22. The van der Waals surface area contributed by atoms with Crippen molar-refractivity contribution in [3.63, 3.8) is 0 Å². The van der Waals surface area contributed by atoms with Gasteiger partial charge in [0.2, 0.25) is 0 Å². The maximum Gasteiger partial charge on any atom is 0.266 e. The van der Waals surface area contributed by atoms with Gasteiger partial charge in [-0.1, -0.05) is 47.7 Å². The van der Waals surface area contributed by atoms with Crippen LogP contribution in [0.4, 0.5) is 4.39 Å². The Morgan fingerprint density at radius 1 is 1.17 bits per heavy atom. The summed E-state index contributed by atoms with van der Waals surface area (Å²) in [5.41, 5.74) is 1.77. The molecule has 3 rings (SSSR count). The first-order chi connectivity index (χ1) is 11.6. The van der Waals surface area contributed by atoms with Crippen molar-refractivity contribution in [1.82, 2.24) is 9.55 Å². The average molecular weight is 340 g/mol. The molecule has 0 aliphatic heterocycles. The zero-order valence-electron chi connectivity index (χ0n) is 13.5. The summed E-state index contributed by atoms with van der Waals surface area (Å²) in [6.45, 7) is 4.02. The van der Waals surface area contributed by atoms with Gasteiger partial charge in [0.25, 0.3) is 5.56 Å². The molecule has 0 amide bonds. The number of thioether (sulfide) groups is 1. The van der Waals surface area contributed by atoms with E-state index in [9.17, 15) is 9.18 Å². The molecule has 0 atom stereocenters. The van der Waals surface area contributed by atoms with Crippen LogP contribution in [-0.2, 0) is 0 Å². The van der Waals surface area contributed by atoms with Crippen LogP contribution < -0.4 is 5.56 Å². The largest absolute Gasteiger partial charge is 0.268 e. The molecule has 0 fully saturated rings. The molecule has 1 aromatic heterocycles. The Bertz CT molecular complexity index is 975. The van der Waals surface area contributed by atoms with Crippen molar-refractivity contribution in [2.24, 2.45) is 0 Å². The van der Waals surface area contributed by atoms with E-state index in [0.717, 1.165) is 0 Å². The minimum Gasteiger partial charge on any atom is -0.268 e. The molecule has 2 aromatic carbocycles. The molecule has 0 spiro atoms. The highest BCUT2D eigenvalue weighted by atomic mass is 32.2. The van der Waals surface area contributed by atoms with Gasteiger partial charge in [0.1, 0.15) is 5.82 Å². The molecule has 3 nitrogen and oxygen atoms in total. The van der Waals surface area contributed by atoms with E-state index in [2.05, 4.69) is 11.1 Å². The van der Waals surface area contributed by atoms with E-state index in [0.29, 0.717) is 21.8 Å². The van der Waals surface area contributed by atoms with E-state index in [-0.39, 0.29) is 11.2 Å². The molecule has 1 heterocycles. The van der Waals surface area contributed by atoms with E-state index in [1.54, 1.807) is 36.4 Å². The second-order valence-electron chi connectivity index (χ2n) is 5.60. The number of allylic oxidation sites excluding steroid dienone is 1. The quantitative estimate of drug-likeness (QED) is 0.396. The molecule has 0 saturated carbocycles.